The van der Waals surface area contributed by atoms with Gasteiger partial charge in [0, 0.05) is 11.3 Å². The van der Waals surface area contributed by atoms with Crippen molar-refractivity contribution in [3.63, 3.8) is 0 Å². The Bertz CT molecular complexity index is 904. The Kier molecular flexibility index (Phi) is 5.87. The summed E-state index contributed by atoms with van der Waals surface area (Å²) < 4.78 is 18.2. The third-order valence-corrected chi connectivity index (χ3v) is 4.57. The Morgan fingerprint density at radius 3 is 2.68 bits per heavy atom. The van der Waals surface area contributed by atoms with Crippen LogP contribution < -0.4 is 14.8 Å². The normalized spacial score (nSPS) is 15.7. The number of aryl methyl sites for hydroxylation is 1. The van der Waals surface area contributed by atoms with E-state index in [0.29, 0.717) is 35.3 Å². The molecule has 1 aliphatic rings. The predicted molar refractivity (Wildman–Crippen MR) is 105 cm³/mol. The second-order valence-electron chi connectivity index (χ2n) is 6.40. The summed E-state index contributed by atoms with van der Waals surface area (Å²) in [6, 6.07) is 5.05. The number of nitrogens with zero attached hydrogens (tertiary/aromatic N) is 3. The van der Waals surface area contributed by atoms with E-state index in [1.807, 2.05) is 25.1 Å². The number of esters is 1. The van der Waals surface area contributed by atoms with Crippen molar-refractivity contribution < 1.29 is 19.0 Å². The number of aromatic nitrogens is 3. The van der Waals surface area contributed by atoms with Gasteiger partial charge in [0.25, 0.3) is 0 Å². The molecule has 0 fully saturated rings. The zero-order valence-corrected chi connectivity index (χ0v) is 16.9. The highest BCUT2D eigenvalue weighted by Gasteiger charge is 2.37. The number of hydrogen-bond acceptors (Lipinski definition) is 7. The molecule has 0 saturated heterocycles. The maximum atomic E-state index is 13.0. The van der Waals surface area contributed by atoms with Gasteiger partial charge in [-0.15, -0.1) is 0 Å². The molecule has 150 valence electrons. The first-order chi connectivity index (χ1) is 13.5. The summed E-state index contributed by atoms with van der Waals surface area (Å²) in [6.45, 7) is 5.95. The lowest BCUT2D eigenvalue weighted by Crippen LogP contribution is -2.30. The number of methoxy groups -OCH3 is 2. The van der Waals surface area contributed by atoms with Crippen molar-refractivity contribution in [2.24, 2.45) is 0 Å². The fourth-order valence-corrected chi connectivity index (χ4v) is 3.49. The fraction of sp³-hybridized carbons (Fsp3) is 0.450. The maximum Gasteiger partial charge on any atom is 0.338 e. The van der Waals surface area contributed by atoms with Crippen molar-refractivity contribution in [1.82, 2.24) is 14.8 Å². The number of rotatable bonds is 7. The van der Waals surface area contributed by atoms with Crippen molar-refractivity contribution in [2.45, 2.75) is 39.7 Å². The van der Waals surface area contributed by atoms with E-state index in [1.54, 1.807) is 25.8 Å². The van der Waals surface area contributed by atoms with Crippen LogP contribution in [0.4, 0.5) is 5.95 Å². The first-order valence-corrected chi connectivity index (χ1v) is 9.36. The van der Waals surface area contributed by atoms with E-state index in [2.05, 4.69) is 22.3 Å². The second-order valence-corrected chi connectivity index (χ2v) is 6.40. The summed E-state index contributed by atoms with van der Waals surface area (Å²) in [6.07, 6.45) is 1.54. The predicted octanol–water partition coefficient (Wildman–Crippen LogP) is 3.24. The number of benzene rings is 1. The summed E-state index contributed by atoms with van der Waals surface area (Å²) in [4.78, 5) is 17.5. The highest BCUT2D eigenvalue weighted by atomic mass is 16.5. The summed E-state index contributed by atoms with van der Waals surface area (Å²) in [5.41, 5.74) is 2.05. The second kappa shape index (κ2) is 8.33. The summed E-state index contributed by atoms with van der Waals surface area (Å²) >= 11 is 0. The molecule has 0 spiro atoms. The lowest BCUT2D eigenvalue weighted by molar-refractivity contribution is -0.139. The number of anilines is 1. The Morgan fingerprint density at radius 1 is 1.25 bits per heavy atom. The standard InChI is InChI=1S/C20H26N4O4/c1-6-9-14-16(19(25)28-7-2)17(24-20(22-14)21-12(3)23-24)13-10-8-11-15(26-4)18(13)27-5/h8,10-11,17H,6-7,9H2,1-5H3,(H,21,22,23). The molecule has 2 aromatic rings. The molecule has 1 atom stereocenters. The molecule has 1 aromatic heterocycles. The zero-order valence-electron chi connectivity index (χ0n) is 16.9. The number of ether oxygens (including phenoxy) is 3. The minimum Gasteiger partial charge on any atom is -0.493 e. The Morgan fingerprint density at radius 2 is 2.04 bits per heavy atom. The third-order valence-electron chi connectivity index (χ3n) is 4.57. The SMILES string of the molecule is CCCC1=C(C(=O)OCC)C(c2cccc(OC)c2OC)n2nc(C)nc2N1. The van der Waals surface area contributed by atoms with Gasteiger partial charge in [0.05, 0.1) is 26.4 Å². The molecular formula is C20H26N4O4. The van der Waals surface area contributed by atoms with Crippen LogP contribution in [0.15, 0.2) is 29.5 Å². The van der Waals surface area contributed by atoms with Crippen molar-refractivity contribution in [2.75, 3.05) is 26.1 Å². The average Bonchev–Trinajstić information content (AvgIpc) is 3.06. The van der Waals surface area contributed by atoms with E-state index in [1.165, 1.54) is 0 Å². The summed E-state index contributed by atoms with van der Waals surface area (Å²) in [5.74, 6) is 1.94. The van der Waals surface area contributed by atoms with Gasteiger partial charge in [0.15, 0.2) is 11.5 Å². The van der Waals surface area contributed by atoms with Gasteiger partial charge < -0.3 is 19.5 Å². The van der Waals surface area contributed by atoms with Crippen LogP contribution in [0.5, 0.6) is 11.5 Å². The maximum absolute atomic E-state index is 13.0. The highest BCUT2D eigenvalue weighted by Crippen LogP contribution is 2.43. The first kappa shape index (κ1) is 19.7. The molecule has 1 aromatic carbocycles. The third kappa shape index (κ3) is 3.42. The number of hydrogen-bond donors (Lipinski definition) is 1. The van der Waals surface area contributed by atoms with Gasteiger partial charge in [0.1, 0.15) is 11.9 Å². The minimum absolute atomic E-state index is 0.285. The van der Waals surface area contributed by atoms with Gasteiger partial charge in [0.2, 0.25) is 5.95 Å². The molecule has 8 nitrogen and oxygen atoms in total. The van der Waals surface area contributed by atoms with Gasteiger partial charge in [-0.3, -0.25) is 0 Å². The number of carbonyl (C=O) groups excluding carboxylic acids is 1. The van der Waals surface area contributed by atoms with Crippen molar-refractivity contribution in [3.8, 4) is 11.5 Å². The molecule has 8 heteroatoms. The number of allylic oxidation sites excluding steroid dienone is 1. The molecule has 0 aliphatic carbocycles. The lowest BCUT2D eigenvalue weighted by Gasteiger charge is -2.30. The van der Waals surface area contributed by atoms with E-state index in [-0.39, 0.29) is 12.6 Å². The lowest BCUT2D eigenvalue weighted by atomic mass is 9.93. The Labute approximate surface area is 164 Å². The molecule has 1 aliphatic heterocycles. The molecule has 0 radical (unpaired) electrons. The van der Waals surface area contributed by atoms with E-state index < -0.39 is 6.04 Å². The largest absolute Gasteiger partial charge is 0.493 e. The van der Waals surface area contributed by atoms with Crippen LogP contribution in [-0.2, 0) is 9.53 Å². The molecule has 3 rings (SSSR count). The molecular weight excluding hydrogens is 360 g/mol. The highest BCUT2D eigenvalue weighted by molar-refractivity contribution is 5.92. The van der Waals surface area contributed by atoms with Crippen molar-refractivity contribution >= 4 is 11.9 Å². The number of para-hydroxylation sites is 1. The first-order valence-electron chi connectivity index (χ1n) is 9.36. The molecule has 1 unspecified atom stereocenters. The quantitative estimate of drug-likeness (QED) is 0.731. The molecule has 28 heavy (non-hydrogen) atoms. The van der Waals surface area contributed by atoms with Gasteiger partial charge >= 0.3 is 5.97 Å². The van der Waals surface area contributed by atoms with Crippen LogP contribution in [0, 0.1) is 6.92 Å². The summed E-state index contributed by atoms with van der Waals surface area (Å²) in [7, 11) is 3.16. The van der Waals surface area contributed by atoms with Crippen LogP contribution >= 0.6 is 0 Å². The van der Waals surface area contributed by atoms with Crippen molar-refractivity contribution in [1.29, 1.82) is 0 Å². The van der Waals surface area contributed by atoms with Crippen LogP contribution in [0.25, 0.3) is 0 Å². The summed E-state index contributed by atoms with van der Waals surface area (Å²) in [5, 5.41) is 7.80. The number of fused-ring (bicyclic) bond motifs is 1. The fourth-order valence-electron chi connectivity index (χ4n) is 3.49. The van der Waals surface area contributed by atoms with E-state index in [4.69, 9.17) is 14.2 Å². The van der Waals surface area contributed by atoms with E-state index >= 15 is 0 Å². The van der Waals surface area contributed by atoms with E-state index in [0.717, 1.165) is 17.7 Å². The van der Waals surface area contributed by atoms with Crippen LogP contribution in [0.3, 0.4) is 0 Å². The molecule has 2 heterocycles. The van der Waals surface area contributed by atoms with Gasteiger partial charge in [-0.25, -0.2) is 9.48 Å². The average molecular weight is 386 g/mol. The van der Waals surface area contributed by atoms with Gasteiger partial charge in [-0.05, 0) is 26.3 Å². The molecule has 0 amide bonds. The van der Waals surface area contributed by atoms with Gasteiger partial charge in [-0.2, -0.15) is 10.1 Å². The smallest absolute Gasteiger partial charge is 0.338 e. The number of carbonyl (C=O) groups is 1. The van der Waals surface area contributed by atoms with Crippen LogP contribution in [-0.4, -0.2) is 41.6 Å². The van der Waals surface area contributed by atoms with Crippen molar-refractivity contribution in [3.05, 3.63) is 40.9 Å². The zero-order chi connectivity index (χ0) is 20.3. The number of nitrogens with one attached hydrogen (secondary N) is 1. The van der Waals surface area contributed by atoms with Crippen LogP contribution in [0.1, 0.15) is 44.1 Å². The molecule has 0 saturated carbocycles. The van der Waals surface area contributed by atoms with Gasteiger partial charge in [-0.1, -0.05) is 25.5 Å². The van der Waals surface area contributed by atoms with Crippen LogP contribution in [0.2, 0.25) is 0 Å². The molecule has 0 bridgehead atoms. The Balaban J connectivity index is 2.28. The minimum atomic E-state index is -0.539. The Hall–Kier alpha value is -3.03. The monoisotopic (exact) mass is 386 g/mol. The van der Waals surface area contributed by atoms with E-state index in [9.17, 15) is 4.79 Å². The topological polar surface area (TPSA) is 87.5 Å². The molecule has 1 N–H and O–H groups in total.